The van der Waals surface area contributed by atoms with Crippen molar-refractivity contribution in [3.63, 3.8) is 0 Å². The number of hydrogen-bond acceptors (Lipinski definition) is 5. The fraction of sp³-hybridized carbons (Fsp3) is 0.429. The average Bonchev–Trinajstić information content (AvgIpc) is 3.31. The lowest BCUT2D eigenvalue weighted by molar-refractivity contribution is 0.0218. The lowest BCUT2D eigenvalue weighted by atomic mass is 10.1. The number of aromatic nitrogens is 2. The summed E-state index contributed by atoms with van der Waals surface area (Å²) < 4.78 is 11.4. The number of amides is 1. The summed E-state index contributed by atoms with van der Waals surface area (Å²) in [7, 11) is 0. The van der Waals surface area contributed by atoms with Crippen molar-refractivity contribution in [2.75, 3.05) is 6.54 Å². The number of nitrogens with one attached hydrogen (secondary N) is 1. The van der Waals surface area contributed by atoms with Crippen molar-refractivity contribution in [3.05, 3.63) is 35.8 Å². The molecule has 0 spiro atoms. The Labute approximate surface area is 163 Å². The number of likely N-dealkylation sites (tertiary alicyclic amines) is 1. The second kappa shape index (κ2) is 6.58. The predicted octanol–water partition coefficient (Wildman–Crippen LogP) is 4.91. The quantitative estimate of drug-likeness (QED) is 0.656. The highest BCUT2D eigenvalue weighted by molar-refractivity contribution is 5.84. The van der Waals surface area contributed by atoms with Gasteiger partial charge < -0.3 is 19.2 Å². The van der Waals surface area contributed by atoms with Gasteiger partial charge >= 0.3 is 6.09 Å². The number of imidazole rings is 1. The van der Waals surface area contributed by atoms with Gasteiger partial charge in [-0.15, -0.1) is 0 Å². The zero-order valence-electron chi connectivity index (χ0n) is 16.6. The summed E-state index contributed by atoms with van der Waals surface area (Å²) in [5.41, 5.74) is 1.67. The Kier molecular flexibility index (Phi) is 4.33. The topological polar surface area (TPSA) is 91.6 Å². The Morgan fingerprint density at radius 3 is 2.89 bits per heavy atom. The van der Waals surface area contributed by atoms with Crippen LogP contribution in [0, 0.1) is 6.92 Å². The molecule has 1 aliphatic heterocycles. The zero-order valence-corrected chi connectivity index (χ0v) is 16.6. The highest BCUT2D eigenvalue weighted by Gasteiger charge is 2.35. The third-order valence-electron chi connectivity index (χ3n) is 4.89. The first-order valence-corrected chi connectivity index (χ1v) is 9.49. The summed E-state index contributed by atoms with van der Waals surface area (Å²) in [6.45, 7) is 8.07. The zero-order chi connectivity index (χ0) is 20.1. The molecular formula is C21H25N3O4. The highest BCUT2D eigenvalue weighted by atomic mass is 16.6. The van der Waals surface area contributed by atoms with Crippen LogP contribution in [-0.4, -0.2) is 38.2 Å². The fourth-order valence-corrected chi connectivity index (χ4v) is 3.53. The van der Waals surface area contributed by atoms with E-state index < -0.39 is 5.60 Å². The number of ether oxygens (including phenoxy) is 1. The van der Waals surface area contributed by atoms with Gasteiger partial charge in [0.15, 0.2) is 5.76 Å². The van der Waals surface area contributed by atoms with Crippen LogP contribution in [0.5, 0.6) is 5.75 Å². The van der Waals surface area contributed by atoms with Crippen molar-refractivity contribution in [1.82, 2.24) is 14.9 Å². The largest absolute Gasteiger partial charge is 0.508 e. The SMILES string of the molecule is Cc1cc2oc(-c3cnc(C4CCCN4C(=O)OC(C)(C)C)[nH]3)cc2cc1O. The van der Waals surface area contributed by atoms with Crippen molar-refractivity contribution in [3.8, 4) is 17.2 Å². The minimum atomic E-state index is -0.531. The van der Waals surface area contributed by atoms with Crippen LogP contribution in [0.3, 0.4) is 0 Å². The molecule has 0 radical (unpaired) electrons. The van der Waals surface area contributed by atoms with E-state index in [4.69, 9.17) is 9.15 Å². The van der Waals surface area contributed by atoms with Crippen molar-refractivity contribution in [2.45, 2.75) is 52.2 Å². The average molecular weight is 383 g/mol. The van der Waals surface area contributed by atoms with Gasteiger partial charge in [0.1, 0.15) is 28.5 Å². The normalized spacial score (nSPS) is 17.4. The van der Waals surface area contributed by atoms with Gasteiger partial charge in [0.25, 0.3) is 0 Å². The number of aromatic hydroxyl groups is 1. The summed E-state index contributed by atoms with van der Waals surface area (Å²) in [5, 5.41) is 10.7. The molecule has 1 amide bonds. The number of benzene rings is 1. The molecule has 148 valence electrons. The monoisotopic (exact) mass is 383 g/mol. The van der Waals surface area contributed by atoms with Gasteiger partial charge in [-0.3, -0.25) is 4.90 Å². The van der Waals surface area contributed by atoms with Crippen LogP contribution in [0.25, 0.3) is 22.4 Å². The summed E-state index contributed by atoms with van der Waals surface area (Å²) >= 11 is 0. The van der Waals surface area contributed by atoms with E-state index in [0.717, 1.165) is 35.3 Å². The summed E-state index contributed by atoms with van der Waals surface area (Å²) in [4.78, 5) is 22.0. The number of nitrogens with zero attached hydrogens (tertiary/aromatic N) is 2. The fourth-order valence-electron chi connectivity index (χ4n) is 3.53. The molecule has 1 unspecified atom stereocenters. The van der Waals surface area contributed by atoms with E-state index in [0.29, 0.717) is 17.9 Å². The Balaban J connectivity index is 1.59. The third-order valence-corrected chi connectivity index (χ3v) is 4.89. The molecule has 1 aromatic carbocycles. The maximum absolute atomic E-state index is 12.5. The second-order valence-corrected chi connectivity index (χ2v) is 8.30. The van der Waals surface area contributed by atoms with Crippen molar-refractivity contribution < 1.29 is 19.1 Å². The van der Waals surface area contributed by atoms with Gasteiger partial charge in [-0.05, 0) is 64.3 Å². The van der Waals surface area contributed by atoms with Gasteiger partial charge in [-0.1, -0.05) is 0 Å². The lowest BCUT2D eigenvalue weighted by Gasteiger charge is -2.27. The van der Waals surface area contributed by atoms with Gasteiger partial charge in [0.2, 0.25) is 0 Å². The number of phenolic OH excluding ortho intramolecular Hbond substituents is 1. The molecule has 2 N–H and O–H groups in total. The molecule has 1 saturated heterocycles. The number of aromatic amines is 1. The van der Waals surface area contributed by atoms with Gasteiger partial charge in [0, 0.05) is 11.9 Å². The van der Waals surface area contributed by atoms with Crippen LogP contribution in [0.2, 0.25) is 0 Å². The van der Waals surface area contributed by atoms with Gasteiger partial charge in [-0.2, -0.15) is 0 Å². The minimum absolute atomic E-state index is 0.140. The lowest BCUT2D eigenvalue weighted by Crippen LogP contribution is -2.36. The van der Waals surface area contributed by atoms with E-state index >= 15 is 0 Å². The van der Waals surface area contributed by atoms with E-state index in [-0.39, 0.29) is 17.9 Å². The highest BCUT2D eigenvalue weighted by Crippen LogP contribution is 2.35. The molecule has 1 atom stereocenters. The molecule has 7 heteroatoms. The number of carbonyl (C=O) groups excluding carboxylic acids is 1. The van der Waals surface area contributed by atoms with Crippen LogP contribution < -0.4 is 0 Å². The number of hydrogen-bond donors (Lipinski definition) is 2. The molecule has 3 aromatic rings. The van der Waals surface area contributed by atoms with Gasteiger partial charge in [0.05, 0.1) is 12.2 Å². The number of fused-ring (bicyclic) bond motifs is 1. The maximum atomic E-state index is 12.5. The van der Waals surface area contributed by atoms with E-state index in [2.05, 4.69) is 9.97 Å². The van der Waals surface area contributed by atoms with E-state index in [1.807, 2.05) is 39.8 Å². The Morgan fingerprint density at radius 2 is 2.14 bits per heavy atom. The van der Waals surface area contributed by atoms with Crippen LogP contribution in [0.1, 0.15) is 51.0 Å². The van der Waals surface area contributed by atoms with Crippen molar-refractivity contribution in [2.24, 2.45) is 0 Å². The molecular weight excluding hydrogens is 358 g/mol. The molecule has 4 rings (SSSR count). The Morgan fingerprint density at radius 1 is 1.36 bits per heavy atom. The molecule has 2 aromatic heterocycles. The summed E-state index contributed by atoms with van der Waals surface area (Å²) in [5.74, 6) is 1.60. The Bertz CT molecular complexity index is 989. The number of rotatable bonds is 2. The smallest absolute Gasteiger partial charge is 0.410 e. The van der Waals surface area contributed by atoms with Crippen molar-refractivity contribution >= 4 is 17.1 Å². The second-order valence-electron chi connectivity index (χ2n) is 8.30. The third kappa shape index (κ3) is 3.44. The molecule has 0 aliphatic carbocycles. The number of carbonyl (C=O) groups is 1. The molecule has 1 fully saturated rings. The van der Waals surface area contributed by atoms with Gasteiger partial charge in [-0.25, -0.2) is 9.78 Å². The van der Waals surface area contributed by atoms with Crippen LogP contribution in [0.4, 0.5) is 4.79 Å². The maximum Gasteiger partial charge on any atom is 0.410 e. The van der Waals surface area contributed by atoms with E-state index in [1.165, 1.54) is 0 Å². The first kappa shape index (κ1) is 18.4. The minimum Gasteiger partial charge on any atom is -0.508 e. The van der Waals surface area contributed by atoms with E-state index in [9.17, 15) is 9.90 Å². The molecule has 7 nitrogen and oxygen atoms in total. The Hall–Kier alpha value is -2.96. The van der Waals surface area contributed by atoms with Crippen molar-refractivity contribution in [1.29, 1.82) is 0 Å². The molecule has 0 bridgehead atoms. The number of furan rings is 1. The molecule has 1 aliphatic rings. The first-order chi connectivity index (χ1) is 13.2. The summed E-state index contributed by atoms with van der Waals surface area (Å²) in [6.07, 6.45) is 3.14. The molecule has 0 saturated carbocycles. The van der Waals surface area contributed by atoms with Crippen LogP contribution >= 0.6 is 0 Å². The molecule has 28 heavy (non-hydrogen) atoms. The first-order valence-electron chi connectivity index (χ1n) is 9.49. The number of phenols is 1. The predicted molar refractivity (Wildman–Crippen MR) is 105 cm³/mol. The summed E-state index contributed by atoms with van der Waals surface area (Å²) in [6, 6.07) is 5.23. The van der Waals surface area contributed by atoms with Crippen LogP contribution in [-0.2, 0) is 4.74 Å². The number of aryl methyl sites for hydroxylation is 1. The standard InChI is InChI=1S/C21H25N3O4/c1-12-8-17-13(9-16(12)25)10-18(27-17)14-11-22-19(23-14)15-6-5-7-24(15)20(26)28-21(2,3)4/h8-11,15,25H,5-7H2,1-4H3,(H,22,23). The number of H-pyrrole nitrogens is 1. The van der Waals surface area contributed by atoms with Crippen LogP contribution in [0.15, 0.2) is 28.8 Å². The van der Waals surface area contributed by atoms with E-state index in [1.54, 1.807) is 17.2 Å². The molecule has 3 heterocycles.